The van der Waals surface area contributed by atoms with Crippen LogP contribution in [-0.2, 0) is 82.3 Å². The molecule has 0 spiro atoms. The standard InChI is InChI=1S/C54H58O11/c55-47-50(60-34-42-25-13-4-14-26-42)49(46(63-53(47)56)38-58-32-40-21-9-2-10-22-40)65-54-52(62-36-44-29-17-6-18-30-44)51(61-35-43-27-15-5-16-28-43)48(59-33-41-23-11-3-12-24-41)45(64-54)37-57-31-39-19-7-1-8-20-39/h1-30,45-56H,31-38H2/t45-,46+,47-,48+,49-,50+,51+,52+,53+,54+/m1/s1. The summed E-state index contributed by atoms with van der Waals surface area (Å²) >= 11 is 0. The lowest BCUT2D eigenvalue weighted by Gasteiger charge is -2.49. The molecule has 0 radical (unpaired) electrons. The second-order valence-corrected chi connectivity index (χ2v) is 16.2. The third-order valence-corrected chi connectivity index (χ3v) is 11.4. The number of rotatable bonds is 22. The van der Waals surface area contributed by atoms with Gasteiger partial charge in [-0.05, 0) is 33.4 Å². The van der Waals surface area contributed by atoms with Gasteiger partial charge in [-0.15, -0.1) is 0 Å². The van der Waals surface area contributed by atoms with E-state index in [1.54, 1.807) is 0 Å². The van der Waals surface area contributed by atoms with E-state index in [4.69, 9.17) is 42.6 Å². The molecular weight excluding hydrogens is 825 g/mol. The van der Waals surface area contributed by atoms with Crippen molar-refractivity contribution in [3.05, 3.63) is 215 Å². The molecule has 0 amide bonds. The van der Waals surface area contributed by atoms with Crippen molar-refractivity contribution in [1.82, 2.24) is 0 Å². The first-order chi connectivity index (χ1) is 32.1. The zero-order valence-corrected chi connectivity index (χ0v) is 36.3. The Morgan fingerprint density at radius 1 is 0.338 bits per heavy atom. The summed E-state index contributed by atoms with van der Waals surface area (Å²) in [7, 11) is 0. The normalized spacial score (nSPS) is 25.6. The third kappa shape index (κ3) is 13.5. The lowest BCUT2D eigenvalue weighted by Crippen LogP contribution is -2.66. The Kier molecular flexibility index (Phi) is 17.4. The number of ether oxygens (including phenoxy) is 9. The molecule has 0 aliphatic carbocycles. The van der Waals surface area contributed by atoms with Gasteiger partial charge in [0, 0.05) is 0 Å². The number of aliphatic hydroxyl groups is 2. The highest BCUT2D eigenvalue weighted by atomic mass is 16.7. The van der Waals surface area contributed by atoms with Gasteiger partial charge in [0.25, 0.3) is 0 Å². The van der Waals surface area contributed by atoms with Crippen LogP contribution in [0.4, 0.5) is 0 Å². The van der Waals surface area contributed by atoms with Crippen LogP contribution in [0.1, 0.15) is 33.4 Å². The summed E-state index contributed by atoms with van der Waals surface area (Å²) in [6.07, 6.45) is -10.4. The van der Waals surface area contributed by atoms with E-state index in [1.807, 2.05) is 182 Å². The Bertz CT molecular complexity index is 2210. The van der Waals surface area contributed by atoms with E-state index in [1.165, 1.54) is 0 Å². The first-order valence-corrected chi connectivity index (χ1v) is 22.3. The number of hydrogen-bond donors (Lipinski definition) is 2. The third-order valence-electron chi connectivity index (χ3n) is 11.4. The van der Waals surface area contributed by atoms with Gasteiger partial charge < -0.3 is 52.8 Å². The minimum absolute atomic E-state index is 0.00282. The van der Waals surface area contributed by atoms with Crippen molar-refractivity contribution in [2.75, 3.05) is 13.2 Å². The van der Waals surface area contributed by atoms with Gasteiger partial charge in [0.2, 0.25) is 0 Å². The maximum atomic E-state index is 11.7. The zero-order chi connectivity index (χ0) is 44.5. The Morgan fingerprint density at radius 2 is 0.662 bits per heavy atom. The van der Waals surface area contributed by atoms with Gasteiger partial charge in [-0.25, -0.2) is 0 Å². The fourth-order valence-electron chi connectivity index (χ4n) is 8.04. The predicted molar refractivity (Wildman–Crippen MR) is 243 cm³/mol. The topological polar surface area (TPSA) is 124 Å². The molecule has 0 saturated carbocycles. The van der Waals surface area contributed by atoms with Gasteiger partial charge in [-0.1, -0.05) is 182 Å². The molecule has 8 rings (SSSR count). The molecule has 2 N–H and O–H groups in total. The summed E-state index contributed by atoms with van der Waals surface area (Å²) in [6.45, 7) is 1.55. The average molecular weight is 883 g/mol. The summed E-state index contributed by atoms with van der Waals surface area (Å²) in [5.41, 5.74) is 5.70. The molecule has 10 atom stereocenters. The molecule has 0 bridgehead atoms. The van der Waals surface area contributed by atoms with Crippen LogP contribution >= 0.6 is 0 Å². The van der Waals surface area contributed by atoms with E-state index in [2.05, 4.69) is 0 Å². The number of benzene rings is 6. The van der Waals surface area contributed by atoms with Crippen molar-refractivity contribution < 1.29 is 52.8 Å². The minimum Gasteiger partial charge on any atom is -0.385 e. The van der Waals surface area contributed by atoms with E-state index < -0.39 is 61.4 Å². The second-order valence-electron chi connectivity index (χ2n) is 16.2. The van der Waals surface area contributed by atoms with E-state index in [-0.39, 0.29) is 46.2 Å². The quantitative estimate of drug-likeness (QED) is 0.0691. The highest BCUT2D eigenvalue weighted by molar-refractivity contribution is 5.18. The molecule has 0 unspecified atom stereocenters. The molecule has 2 heterocycles. The Balaban J connectivity index is 1.15. The molecule has 6 aromatic carbocycles. The molecule has 0 aromatic heterocycles. The van der Waals surface area contributed by atoms with Crippen LogP contribution in [0.2, 0.25) is 0 Å². The average Bonchev–Trinajstić information content (AvgIpc) is 3.35. The lowest BCUT2D eigenvalue weighted by atomic mass is 9.96. The molecule has 2 aliphatic heterocycles. The van der Waals surface area contributed by atoms with Crippen LogP contribution in [0.3, 0.4) is 0 Å². The van der Waals surface area contributed by atoms with Crippen molar-refractivity contribution in [3.8, 4) is 0 Å². The monoisotopic (exact) mass is 882 g/mol. The van der Waals surface area contributed by atoms with Crippen molar-refractivity contribution in [2.24, 2.45) is 0 Å². The molecule has 11 nitrogen and oxygen atoms in total. The summed E-state index contributed by atoms with van der Waals surface area (Å²) in [5.74, 6) is 0. The number of hydrogen-bond acceptors (Lipinski definition) is 11. The lowest BCUT2D eigenvalue weighted by molar-refractivity contribution is -0.371. The Morgan fingerprint density at radius 3 is 1.06 bits per heavy atom. The Hall–Kier alpha value is -5.12. The van der Waals surface area contributed by atoms with Crippen LogP contribution < -0.4 is 0 Å². The molecular formula is C54H58O11. The van der Waals surface area contributed by atoms with Crippen LogP contribution in [0.15, 0.2) is 182 Å². The van der Waals surface area contributed by atoms with Gasteiger partial charge in [-0.3, -0.25) is 0 Å². The maximum Gasteiger partial charge on any atom is 0.187 e. The van der Waals surface area contributed by atoms with E-state index in [9.17, 15) is 10.2 Å². The van der Waals surface area contributed by atoms with Gasteiger partial charge in [-0.2, -0.15) is 0 Å². The number of aliphatic hydroxyl groups excluding tert-OH is 2. The van der Waals surface area contributed by atoms with E-state index >= 15 is 0 Å². The summed E-state index contributed by atoms with van der Waals surface area (Å²) < 4.78 is 60.1. The summed E-state index contributed by atoms with van der Waals surface area (Å²) in [6, 6.07) is 59.0. The summed E-state index contributed by atoms with van der Waals surface area (Å²) in [4.78, 5) is 0. The molecule has 11 heteroatoms. The van der Waals surface area contributed by atoms with E-state index in [0.717, 1.165) is 33.4 Å². The van der Waals surface area contributed by atoms with Crippen LogP contribution in [0, 0.1) is 0 Å². The predicted octanol–water partition coefficient (Wildman–Crippen LogP) is 7.95. The first-order valence-electron chi connectivity index (χ1n) is 22.3. The van der Waals surface area contributed by atoms with Gasteiger partial charge in [0.15, 0.2) is 12.6 Å². The van der Waals surface area contributed by atoms with Gasteiger partial charge in [0.05, 0.1) is 52.9 Å². The van der Waals surface area contributed by atoms with Crippen molar-refractivity contribution >= 4 is 0 Å². The van der Waals surface area contributed by atoms with Crippen molar-refractivity contribution in [3.63, 3.8) is 0 Å². The zero-order valence-electron chi connectivity index (χ0n) is 36.3. The van der Waals surface area contributed by atoms with Crippen LogP contribution in [0.5, 0.6) is 0 Å². The molecule has 2 fully saturated rings. The molecule has 6 aromatic rings. The Labute approximate surface area is 381 Å². The minimum atomic E-state index is -1.59. The van der Waals surface area contributed by atoms with Crippen LogP contribution in [0.25, 0.3) is 0 Å². The molecule has 2 aliphatic rings. The summed E-state index contributed by atoms with van der Waals surface area (Å²) in [5, 5.41) is 22.8. The fraction of sp³-hybridized carbons (Fsp3) is 0.333. The van der Waals surface area contributed by atoms with Crippen molar-refractivity contribution in [1.29, 1.82) is 0 Å². The molecule has 340 valence electrons. The van der Waals surface area contributed by atoms with Crippen molar-refractivity contribution in [2.45, 2.75) is 101 Å². The highest BCUT2D eigenvalue weighted by Gasteiger charge is 2.53. The SMILES string of the molecule is O[C@@H]1[C@H](OCc2ccccc2)[C@H](O[C@@H]2O[C@H](COCc3ccccc3)[C@H](OCc3ccccc3)[C@H](OCc3ccccc3)[C@@H]2OCc2ccccc2)[C@H](COCc2ccccc2)O[C@@H]1O. The van der Waals surface area contributed by atoms with Crippen LogP contribution in [-0.4, -0.2) is 84.8 Å². The van der Waals surface area contributed by atoms with E-state index in [0.29, 0.717) is 6.61 Å². The van der Waals surface area contributed by atoms with Gasteiger partial charge in [0.1, 0.15) is 48.8 Å². The smallest absolute Gasteiger partial charge is 0.187 e. The molecule has 2 saturated heterocycles. The highest BCUT2D eigenvalue weighted by Crippen LogP contribution is 2.35. The molecule has 65 heavy (non-hydrogen) atoms. The largest absolute Gasteiger partial charge is 0.385 e. The first kappa shape index (κ1) is 46.4. The van der Waals surface area contributed by atoms with Gasteiger partial charge >= 0.3 is 0 Å². The maximum absolute atomic E-state index is 11.7. The second kappa shape index (κ2) is 24.4. The fourth-order valence-corrected chi connectivity index (χ4v) is 8.04.